The fourth-order valence-electron chi connectivity index (χ4n) is 1.14. The van der Waals surface area contributed by atoms with Crippen LogP contribution in [0.4, 0.5) is 0 Å². The lowest BCUT2D eigenvalue weighted by molar-refractivity contribution is -0.138. The molecule has 7 nitrogen and oxygen atoms in total. The summed E-state index contributed by atoms with van der Waals surface area (Å²) in [7, 11) is 0. The van der Waals surface area contributed by atoms with Crippen LogP contribution in [-0.2, 0) is 9.59 Å². The molecule has 1 heterocycles. The van der Waals surface area contributed by atoms with Crippen LogP contribution in [0.25, 0.3) is 0 Å². The van der Waals surface area contributed by atoms with Crippen molar-refractivity contribution in [3.8, 4) is 0 Å². The summed E-state index contributed by atoms with van der Waals surface area (Å²) >= 11 is 5.48. The van der Waals surface area contributed by atoms with E-state index < -0.39 is 30.9 Å². The molecule has 8 heteroatoms. The van der Waals surface area contributed by atoms with E-state index in [0.29, 0.717) is 0 Å². The van der Waals surface area contributed by atoms with E-state index in [9.17, 15) is 14.4 Å². The molecule has 0 unspecified atom stereocenters. The van der Waals surface area contributed by atoms with Crippen LogP contribution in [0.2, 0.25) is 5.22 Å². The number of primary amides is 1. The maximum atomic E-state index is 11.7. The molecule has 0 aliphatic rings. The largest absolute Gasteiger partial charge is 0.480 e. The molecule has 0 aliphatic carbocycles. The number of nitrogens with zero attached hydrogens (tertiary/aromatic N) is 1. The zero-order chi connectivity index (χ0) is 13.0. The first-order chi connectivity index (χ1) is 7.90. The van der Waals surface area contributed by atoms with Crippen molar-refractivity contribution in [3.63, 3.8) is 0 Å². The number of carboxylic acids is 1. The van der Waals surface area contributed by atoms with Crippen LogP contribution in [0.3, 0.4) is 0 Å². The minimum absolute atomic E-state index is 0.0114. The highest BCUT2D eigenvalue weighted by Gasteiger charge is 2.22. The first-order valence-corrected chi connectivity index (χ1v) is 4.82. The number of amides is 2. The van der Waals surface area contributed by atoms with Crippen LogP contribution in [-0.4, -0.2) is 40.9 Å². The predicted molar refractivity (Wildman–Crippen MR) is 56.5 cm³/mol. The smallest absolute Gasteiger partial charge is 0.323 e. The number of carbonyl (C=O) groups excluding carboxylic acids is 2. The number of halogens is 1. The Morgan fingerprint density at radius 2 is 2.00 bits per heavy atom. The molecule has 0 bridgehead atoms. The summed E-state index contributed by atoms with van der Waals surface area (Å²) < 4.78 is 4.82. The molecule has 3 N–H and O–H groups in total. The Labute approximate surface area is 101 Å². The quantitative estimate of drug-likeness (QED) is 0.770. The third-order valence-corrected chi connectivity index (χ3v) is 1.95. The van der Waals surface area contributed by atoms with Gasteiger partial charge < -0.3 is 20.2 Å². The number of aliphatic carboxylic acids is 1. The second kappa shape index (κ2) is 5.35. The number of hydrogen-bond donors (Lipinski definition) is 2. The minimum atomic E-state index is -1.27. The molecule has 0 radical (unpaired) electrons. The van der Waals surface area contributed by atoms with Gasteiger partial charge >= 0.3 is 5.97 Å². The number of hydrogen-bond acceptors (Lipinski definition) is 4. The first kappa shape index (κ1) is 13.0. The number of carboxylic acid groups (broad SMARTS) is 1. The van der Waals surface area contributed by atoms with Gasteiger partial charge in [-0.05, 0) is 23.7 Å². The van der Waals surface area contributed by atoms with Gasteiger partial charge in [-0.15, -0.1) is 0 Å². The molecule has 1 aromatic rings. The zero-order valence-electron chi connectivity index (χ0n) is 8.55. The van der Waals surface area contributed by atoms with Gasteiger partial charge in [0.15, 0.2) is 11.0 Å². The fourth-order valence-corrected chi connectivity index (χ4v) is 1.28. The Morgan fingerprint density at radius 3 is 2.41 bits per heavy atom. The molecule has 2 amide bonds. The highest BCUT2D eigenvalue weighted by Crippen LogP contribution is 2.14. The van der Waals surface area contributed by atoms with E-state index in [-0.39, 0.29) is 11.0 Å². The lowest BCUT2D eigenvalue weighted by Crippen LogP contribution is -2.41. The van der Waals surface area contributed by atoms with Crippen molar-refractivity contribution < 1.29 is 23.9 Å². The van der Waals surface area contributed by atoms with E-state index in [1.165, 1.54) is 12.1 Å². The average molecular weight is 261 g/mol. The van der Waals surface area contributed by atoms with Crippen molar-refractivity contribution in [2.45, 2.75) is 0 Å². The van der Waals surface area contributed by atoms with Gasteiger partial charge in [0.1, 0.15) is 13.1 Å². The molecular formula is C9H9ClN2O5. The SMILES string of the molecule is NC(=O)CN(CC(=O)O)C(=O)c1ccc(Cl)o1. The van der Waals surface area contributed by atoms with E-state index in [1.807, 2.05) is 0 Å². The third kappa shape index (κ3) is 3.80. The Hall–Kier alpha value is -2.02. The highest BCUT2D eigenvalue weighted by molar-refractivity contribution is 6.29. The summed E-state index contributed by atoms with van der Waals surface area (Å²) in [5.41, 5.74) is 4.91. The minimum Gasteiger partial charge on any atom is -0.480 e. The van der Waals surface area contributed by atoms with Gasteiger partial charge in [-0.3, -0.25) is 14.4 Å². The van der Waals surface area contributed by atoms with Gasteiger partial charge in [-0.25, -0.2) is 0 Å². The van der Waals surface area contributed by atoms with Gasteiger partial charge in [-0.1, -0.05) is 0 Å². The van der Waals surface area contributed by atoms with Crippen molar-refractivity contribution >= 4 is 29.4 Å². The third-order valence-electron chi connectivity index (χ3n) is 1.74. The van der Waals surface area contributed by atoms with E-state index in [0.717, 1.165) is 4.90 Å². The monoisotopic (exact) mass is 260 g/mol. The van der Waals surface area contributed by atoms with E-state index in [2.05, 4.69) is 0 Å². The van der Waals surface area contributed by atoms with Crippen LogP contribution < -0.4 is 5.73 Å². The van der Waals surface area contributed by atoms with Crippen LogP contribution in [0.1, 0.15) is 10.6 Å². The topological polar surface area (TPSA) is 114 Å². The van der Waals surface area contributed by atoms with Crippen LogP contribution in [0.15, 0.2) is 16.5 Å². The molecule has 0 atom stereocenters. The lowest BCUT2D eigenvalue weighted by atomic mass is 10.3. The van der Waals surface area contributed by atoms with Crippen molar-refractivity contribution in [3.05, 3.63) is 23.1 Å². The van der Waals surface area contributed by atoms with E-state index >= 15 is 0 Å². The molecule has 1 rings (SSSR count). The summed E-state index contributed by atoms with van der Waals surface area (Å²) in [5.74, 6) is -3.01. The predicted octanol–water partition coefficient (Wildman–Crippen LogP) is -0.0549. The average Bonchev–Trinajstić information content (AvgIpc) is 2.61. The Morgan fingerprint density at radius 1 is 1.35 bits per heavy atom. The Kier molecular flexibility index (Phi) is 4.11. The first-order valence-electron chi connectivity index (χ1n) is 4.45. The molecule has 0 saturated carbocycles. The normalized spacial score (nSPS) is 9.94. The van der Waals surface area contributed by atoms with Crippen LogP contribution in [0.5, 0.6) is 0 Å². The molecule has 0 fully saturated rings. The maximum absolute atomic E-state index is 11.7. The van der Waals surface area contributed by atoms with E-state index in [4.69, 9.17) is 26.9 Å². The van der Waals surface area contributed by atoms with Crippen molar-refractivity contribution in [1.29, 1.82) is 0 Å². The molecule has 92 valence electrons. The highest BCUT2D eigenvalue weighted by atomic mass is 35.5. The molecule has 0 aliphatic heterocycles. The summed E-state index contributed by atoms with van der Waals surface area (Å²) in [6.45, 7) is -1.16. The van der Waals surface area contributed by atoms with Gasteiger partial charge in [0.2, 0.25) is 5.91 Å². The van der Waals surface area contributed by atoms with Gasteiger partial charge in [0.05, 0.1) is 0 Å². The van der Waals surface area contributed by atoms with Crippen LogP contribution in [0, 0.1) is 0 Å². The molecule has 1 aromatic heterocycles. The molecule has 0 saturated heterocycles. The summed E-state index contributed by atoms with van der Waals surface area (Å²) in [4.78, 5) is 33.7. The second-order valence-corrected chi connectivity index (χ2v) is 3.50. The number of rotatable bonds is 5. The second-order valence-electron chi connectivity index (χ2n) is 3.13. The van der Waals surface area contributed by atoms with Crippen LogP contribution >= 0.6 is 11.6 Å². The van der Waals surface area contributed by atoms with Gasteiger partial charge in [-0.2, -0.15) is 0 Å². The van der Waals surface area contributed by atoms with Crippen molar-refractivity contribution in [2.24, 2.45) is 5.73 Å². The van der Waals surface area contributed by atoms with Crippen molar-refractivity contribution in [2.75, 3.05) is 13.1 Å². The molecule has 0 spiro atoms. The van der Waals surface area contributed by atoms with Crippen molar-refractivity contribution in [1.82, 2.24) is 4.90 Å². The maximum Gasteiger partial charge on any atom is 0.323 e. The number of furan rings is 1. The molecule has 17 heavy (non-hydrogen) atoms. The number of nitrogens with two attached hydrogens (primary N) is 1. The standard InChI is InChI=1S/C9H9ClN2O5/c10-6-2-1-5(17-6)9(16)12(3-7(11)13)4-8(14)15/h1-2H,3-4H2,(H2,11,13)(H,14,15). The summed E-state index contributed by atoms with van der Waals surface area (Å²) in [6.07, 6.45) is 0. The van der Waals surface area contributed by atoms with Gasteiger partial charge in [0.25, 0.3) is 5.91 Å². The Balaban J connectivity index is 2.85. The number of carbonyl (C=O) groups is 3. The van der Waals surface area contributed by atoms with E-state index in [1.54, 1.807) is 0 Å². The Bertz CT molecular complexity index is 440. The molecule has 0 aromatic carbocycles. The molecular weight excluding hydrogens is 252 g/mol. The van der Waals surface area contributed by atoms with Gasteiger partial charge in [0, 0.05) is 0 Å². The zero-order valence-corrected chi connectivity index (χ0v) is 9.31. The summed E-state index contributed by atoms with van der Waals surface area (Å²) in [6, 6.07) is 2.61. The fraction of sp³-hybridized carbons (Fsp3) is 0.222. The summed E-state index contributed by atoms with van der Waals surface area (Å²) in [5, 5.41) is 8.58. The lowest BCUT2D eigenvalue weighted by Gasteiger charge is -2.17.